The molecule has 0 bridgehead atoms. The normalized spacial score (nSPS) is 12.3. The predicted molar refractivity (Wildman–Crippen MR) is 119 cm³/mol. The predicted octanol–water partition coefficient (Wildman–Crippen LogP) is 4.32. The van der Waals surface area contributed by atoms with E-state index in [0.29, 0.717) is 19.6 Å². The van der Waals surface area contributed by atoms with Crippen molar-refractivity contribution in [2.24, 2.45) is 0 Å². The van der Waals surface area contributed by atoms with Gasteiger partial charge in [0, 0.05) is 18.7 Å². The average Bonchev–Trinajstić information content (AvgIpc) is 3.41. The molecule has 0 spiro atoms. The van der Waals surface area contributed by atoms with Crippen molar-refractivity contribution in [2.75, 3.05) is 6.79 Å². The van der Waals surface area contributed by atoms with Crippen molar-refractivity contribution in [3.8, 4) is 22.8 Å². The van der Waals surface area contributed by atoms with E-state index >= 15 is 0 Å². The van der Waals surface area contributed by atoms with E-state index in [2.05, 4.69) is 48.6 Å². The molecule has 2 heterocycles. The fourth-order valence-electron chi connectivity index (χ4n) is 3.74. The van der Waals surface area contributed by atoms with Crippen LogP contribution in [0.4, 0.5) is 0 Å². The molecule has 0 aliphatic carbocycles. The van der Waals surface area contributed by atoms with Gasteiger partial charge < -0.3 is 14.8 Å². The zero-order chi connectivity index (χ0) is 21.0. The third-order valence-electron chi connectivity index (χ3n) is 5.24. The number of fused-ring (bicyclic) bond motifs is 1. The summed E-state index contributed by atoms with van der Waals surface area (Å²) >= 11 is 0. The summed E-state index contributed by atoms with van der Waals surface area (Å²) in [6.07, 6.45) is 0. The zero-order valence-corrected chi connectivity index (χ0v) is 17.4. The molecule has 1 aromatic heterocycles. The van der Waals surface area contributed by atoms with Crippen LogP contribution in [0, 0.1) is 6.92 Å². The molecule has 1 aliphatic rings. The van der Waals surface area contributed by atoms with Gasteiger partial charge in [-0.3, -0.25) is 0 Å². The Morgan fingerprint density at radius 1 is 0.839 bits per heavy atom. The molecule has 1 aliphatic heterocycles. The lowest BCUT2D eigenvalue weighted by atomic mass is 10.1. The molecule has 0 atom stereocenters. The maximum absolute atomic E-state index is 5.47. The SMILES string of the molecule is Cc1cccc(Cn2nc(CNCc3ccc4c(c3)OCO4)c(-c3ccccc3)n2)c1. The summed E-state index contributed by atoms with van der Waals surface area (Å²) in [5.41, 5.74) is 6.47. The molecule has 31 heavy (non-hydrogen) atoms. The fourth-order valence-corrected chi connectivity index (χ4v) is 3.74. The van der Waals surface area contributed by atoms with Gasteiger partial charge in [0.1, 0.15) is 11.4 Å². The third-order valence-corrected chi connectivity index (χ3v) is 5.24. The van der Waals surface area contributed by atoms with Gasteiger partial charge in [-0.05, 0) is 30.2 Å². The highest BCUT2D eigenvalue weighted by Crippen LogP contribution is 2.32. The van der Waals surface area contributed by atoms with Crippen LogP contribution in [0.15, 0.2) is 72.8 Å². The van der Waals surface area contributed by atoms with Crippen LogP contribution < -0.4 is 14.8 Å². The molecule has 0 radical (unpaired) electrons. The molecule has 0 unspecified atom stereocenters. The Kier molecular flexibility index (Phi) is 5.37. The van der Waals surface area contributed by atoms with E-state index in [1.54, 1.807) is 4.80 Å². The lowest BCUT2D eigenvalue weighted by molar-refractivity contribution is 0.174. The van der Waals surface area contributed by atoms with Crippen LogP contribution in [-0.4, -0.2) is 21.8 Å². The molecule has 5 rings (SSSR count). The lowest BCUT2D eigenvalue weighted by Crippen LogP contribution is -2.14. The van der Waals surface area contributed by atoms with Crippen LogP contribution in [-0.2, 0) is 19.6 Å². The van der Waals surface area contributed by atoms with Crippen LogP contribution >= 0.6 is 0 Å². The number of nitrogens with one attached hydrogen (secondary N) is 1. The maximum Gasteiger partial charge on any atom is 0.231 e. The van der Waals surface area contributed by atoms with Gasteiger partial charge in [-0.1, -0.05) is 66.2 Å². The van der Waals surface area contributed by atoms with E-state index in [1.807, 2.05) is 36.4 Å². The summed E-state index contributed by atoms with van der Waals surface area (Å²) in [5, 5.41) is 13.1. The number of hydrogen-bond acceptors (Lipinski definition) is 5. The molecule has 6 nitrogen and oxygen atoms in total. The van der Waals surface area contributed by atoms with Crippen molar-refractivity contribution in [1.82, 2.24) is 20.3 Å². The number of nitrogens with zero attached hydrogens (tertiary/aromatic N) is 3. The Hall–Kier alpha value is -3.64. The molecule has 6 heteroatoms. The lowest BCUT2D eigenvalue weighted by Gasteiger charge is -2.06. The summed E-state index contributed by atoms with van der Waals surface area (Å²) in [5.74, 6) is 1.60. The quantitative estimate of drug-likeness (QED) is 0.490. The molecule has 0 amide bonds. The highest BCUT2D eigenvalue weighted by atomic mass is 16.7. The van der Waals surface area contributed by atoms with Gasteiger partial charge in [0.15, 0.2) is 11.5 Å². The van der Waals surface area contributed by atoms with Crippen LogP contribution in [0.25, 0.3) is 11.3 Å². The molecule has 156 valence electrons. The van der Waals surface area contributed by atoms with E-state index in [-0.39, 0.29) is 6.79 Å². The molecule has 4 aromatic rings. The van der Waals surface area contributed by atoms with E-state index in [0.717, 1.165) is 34.0 Å². The number of ether oxygens (including phenoxy) is 2. The van der Waals surface area contributed by atoms with E-state index in [1.165, 1.54) is 11.1 Å². The Morgan fingerprint density at radius 3 is 2.58 bits per heavy atom. The Labute approximate surface area is 181 Å². The van der Waals surface area contributed by atoms with Gasteiger partial charge in [0.25, 0.3) is 0 Å². The summed E-state index contributed by atoms with van der Waals surface area (Å²) in [6.45, 7) is 4.35. The minimum absolute atomic E-state index is 0.288. The molecule has 0 fully saturated rings. The zero-order valence-electron chi connectivity index (χ0n) is 17.4. The van der Waals surface area contributed by atoms with Gasteiger partial charge in [-0.15, -0.1) is 0 Å². The van der Waals surface area contributed by atoms with Gasteiger partial charge in [-0.25, -0.2) is 0 Å². The van der Waals surface area contributed by atoms with Crippen molar-refractivity contribution in [1.29, 1.82) is 0 Å². The largest absolute Gasteiger partial charge is 0.454 e. The van der Waals surface area contributed by atoms with Crippen molar-refractivity contribution in [2.45, 2.75) is 26.6 Å². The van der Waals surface area contributed by atoms with Crippen molar-refractivity contribution < 1.29 is 9.47 Å². The summed E-state index contributed by atoms with van der Waals surface area (Å²) in [6, 6.07) is 24.7. The minimum Gasteiger partial charge on any atom is -0.454 e. The van der Waals surface area contributed by atoms with E-state index < -0.39 is 0 Å². The summed E-state index contributed by atoms with van der Waals surface area (Å²) in [4.78, 5) is 1.79. The van der Waals surface area contributed by atoms with Crippen molar-refractivity contribution >= 4 is 0 Å². The fraction of sp³-hybridized carbons (Fsp3) is 0.200. The highest BCUT2D eigenvalue weighted by Gasteiger charge is 2.15. The maximum atomic E-state index is 5.47. The number of hydrogen-bond donors (Lipinski definition) is 1. The molecule has 3 aromatic carbocycles. The second-order valence-corrected chi connectivity index (χ2v) is 7.67. The molecular formula is C25H24N4O2. The second-order valence-electron chi connectivity index (χ2n) is 7.67. The first-order chi connectivity index (χ1) is 15.2. The highest BCUT2D eigenvalue weighted by molar-refractivity contribution is 5.60. The standard InChI is InChI=1S/C25H24N4O2/c1-18-6-5-7-20(12-18)16-29-27-22(25(28-29)21-8-3-2-4-9-21)15-26-14-19-10-11-23-24(13-19)31-17-30-23/h2-13,26H,14-17H2,1H3. The molecule has 1 N–H and O–H groups in total. The topological polar surface area (TPSA) is 61.2 Å². The summed E-state index contributed by atoms with van der Waals surface area (Å²) in [7, 11) is 0. The van der Waals surface area contributed by atoms with E-state index in [4.69, 9.17) is 19.7 Å². The monoisotopic (exact) mass is 412 g/mol. The van der Waals surface area contributed by atoms with E-state index in [9.17, 15) is 0 Å². The number of aromatic nitrogens is 3. The summed E-state index contributed by atoms with van der Waals surface area (Å²) < 4.78 is 10.9. The average molecular weight is 412 g/mol. The minimum atomic E-state index is 0.288. The van der Waals surface area contributed by atoms with Crippen LogP contribution in [0.1, 0.15) is 22.4 Å². The molecule has 0 saturated carbocycles. The Bertz CT molecular complexity index is 1190. The van der Waals surface area contributed by atoms with Crippen LogP contribution in [0.5, 0.6) is 11.5 Å². The van der Waals surface area contributed by atoms with Gasteiger partial charge in [-0.2, -0.15) is 15.0 Å². The number of aryl methyl sites for hydroxylation is 1. The Balaban J connectivity index is 1.34. The van der Waals surface area contributed by atoms with Crippen molar-refractivity contribution in [3.05, 3.63) is 95.2 Å². The first kappa shape index (κ1) is 19.3. The number of benzene rings is 3. The van der Waals surface area contributed by atoms with Crippen LogP contribution in [0.2, 0.25) is 0 Å². The first-order valence-electron chi connectivity index (χ1n) is 10.4. The first-order valence-corrected chi connectivity index (χ1v) is 10.4. The van der Waals surface area contributed by atoms with Gasteiger partial charge in [0.2, 0.25) is 6.79 Å². The molecule has 0 saturated heterocycles. The Morgan fingerprint density at radius 2 is 1.71 bits per heavy atom. The van der Waals surface area contributed by atoms with Crippen molar-refractivity contribution in [3.63, 3.8) is 0 Å². The van der Waals surface area contributed by atoms with Crippen LogP contribution in [0.3, 0.4) is 0 Å². The molecular weight excluding hydrogens is 388 g/mol. The smallest absolute Gasteiger partial charge is 0.231 e. The van der Waals surface area contributed by atoms with Gasteiger partial charge in [0.05, 0.1) is 6.54 Å². The third kappa shape index (κ3) is 4.44. The second kappa shape index (κ2) is 8.62. The van der Waals surface area contributed by atoms with Gasteiger partial charge >= 0.3 is 0 Å². The number of rotatable bonds is 7.